The van der Waals surface area contributed by atoms with Gasteiger partial charge in [-0.25, -0.2) is 4.39 Å². The fourth-order valence-corrected chi connectivity index (χ4v) is 2.63. The number of carbonyl (C=O) groups excluding carboxylic acids is 1. The zero-order chi connectivity index (χ0) is 15.4. The van der Waals surface area contributed by atoms with Crippen LogP contribution in [0.1, 0.15) is 12.5 Å². The van der Waals surface area contributed by atoms with Crippen LogP contribution in [0, 0.1) is 17.1 Å². The number of nitriles is 1. The summed E-state index contributed by atoms with van der Waals surface area (Å²) in [6, 6.07) is 6.45. The molecule has 2 rings (SSSR count). The SMILES string of the molecule is CC(C#N)N1CCN(C(=O)Cc2c(F)cccc2Cl)CC1. The Bertz CT molecular complexity index is 544. The molecular weight excluding hydrogens is 293 g/mol. The zero-order valence-electron chi connectivity index (χ0n) is 11.9. The summed E-state index contributed by atoms with van der Waals surface area (Å²) in [5.41, 5.74) is 0.247. The highest BCUT2D eigenvalue weighted by atomic mass is 35.5. The molecule has 1 aromatic rings. The van der Waals surface area contributed by atoms with Crippen molar-refractivity contribution < 1.29 is 9.18 Å². The third-order valence-electron chi connectivity index (χ3n) is 3.79. The maximum atomic E-state index is 13.7. The van der Waals surface area contributed by atoms with E-state index in [9.17, 15) is 9.18 Å². The molecule has 1 amide bonds. The molecule has 1 fully saturated rings. The highest BCUT2D eigenvalue weighted by molar-refractivity contribution is 6.31. The number of nitrogens with zero attached hydrogens (tertiary/aromatic N) is 3. The van der Waals surface area contributed by atoms with Crippen molar-refractivity contribution in [2.45, 2.75) is 19.4 Å². The Morgan fingerprint density at radius 3 is 2.67 bits per heavy atom. The van der Waals surface area contributed by atoms with Crippen LogP contribution in [0.4, 0.5) is 4.39 Å². The van der Waals surface area contributed by atoms with Crippen LogP contribution in [0.2, 0.25) is 5.02 Å². The third-order valence-corrected chi connectivity index (χ3v) is 4.15. The number of piperazine rings is 1. The molecule has 1 aliphatic rings. The van der Waals surface area contributed by atoms with E-state index in [1.165, 1.54) is 12.1 Å². The smallest absolute Gasteiger partial charge is 0.227 e. The lowest BCUT2D eigenvalue weighted by Crippen LogP contribution is -2.51. The van der Waals surface area contributed by atoms with Gasteiger partial charge in [-0.05, 0) is 19.1 Å². The topological polar surface area (TPSA) is 47.3 Å². The molecule has 112 valence electrons. The predicted molar refractivity (Wildman–Crippen MR) is 78.3 cm³/mol. The van der Waals surface area contributed by atoms with E-state index in [-0.39, 0.29) is 29.0 Å². The average molecular weight is 310 g/mol. The number of hydrogen-bond donors (Lipinski definition) is 0. The Balaban J connectivity index is 1.96. The van der Waals surface area contributed by atoms with Gasteiger partial charge in [0, 0.05) is 36.8 Å². The summed E-state index contributed by atoms with van der Waals surface area (Å²) in [5, 5.41) is 9.17. The second-order valence-electron chi connectivity index (χ2n) is 5.10. The molecule has 0 bridgehead atoms. The minimum Gasteiger partial charge on any atom is -0.340 e. The quantitative estimate of drug-likeness (QED) is 0.859. The molecule has 6 heteroatoms. The first-order valence-electron chi connectivity index (χ1n) is 6.87. The molecule has 21 heavy (non-hydrogen) atoms. The maximum absolute atomic E-state index is 13.7. The normalized spacial score (nSPS) is 17.3. The summed E-state index contributed by atoms with van der Waals surface area (Å²) in [5.74, 6) is -0.584. The molecule has 1 aromatic carbocycles. The fourth-order valence-electron chi connectivity index (χ4n) is 2.40. The van der Waals surface area contributed by atoms with Gasteiger partial charge in [0.15, 0.2) is 0 Å². The molecule has 1 heterocycles. The number of benzene rings is 1. The van der Waals surface area contributed by atoms with Crippen molar-refractivity contribution in [2.75, 3.05) is 26.2 Å². The van der Waals surface area contributed by atoms with Crippen molar-refractivity contribution in [1.29, 1.82) is 5.26 Å². The Labute approximate surface area is 128 Å². The van der Waals surface area contributed by atoms with Gasteiger partial charge in [0.05, 0.1) is 18.5 Å². The standard InChI is InChI=1S/C15H17ClFN3O/c1-11(10-18)19-5-7-20(8-6-19)15(21)9-12-13(16)3-2-4-14(12)17/h2-4,11H,5-9H2,1H3. The van der Waals surface area contributed by atoms with Crippen LogP contribution >= 0.6 is 11.6 Å². The van der Waals surface area contributed by atoms with E-state index < -0.39 is 5.82 Å². The first kappa shape index (κ1) is 15.7. The second kappa shape index (κ2) is 6.88. The van der Waals surface area contributed by atoms with Crippen LogP contribution < -0.4 is 0 Å². The molecule has 0 aromatic heterocycles. The third kappa shape index (κ3) is 3.72. The van der Waals surface area contributed by atoms with Crippen molar-refractivity contribution in [2.24, 2.45) is 0 Å². The van der Waals surface area contributed by atoms with E-state index in [0.717, 1.165) is 0 Å². The lowest BCUT2D eigenvalue weighted by Gasteiger charge is -2.36. The van der Waals surface area contributed by atoms with Crippen molar-refractivity contribution in [3.63, 3.8) is 0 Å². The minimum absolute atomic E-state index is 0.0285. The van der Waals surface area contributed by atoms with E-state index in [4.69, 9.17) is 16.9 Å². The van der Waals surface area contributed by atoms with Crippen LogP contribution in [0.15, 0.2) is 18.2 Å². The molecule has 0 radical (unpaired) electrons. The van der Waals surface area contributed by atoms with Crippen LogP contribution in [-0.4, -0.2) is 47.9 Å². The lowest BCUT2D eigenvalue weighted by atomic mass is 10.1. The number of hydrogen-bond acceptors (Lipinski definition) is 3. The molecule has 1 saturated heterocycles. The van der Waals surface area contributed by atoms with Gasteiger partial charge in [-0.15, -0.1) is 0 Å². The first-order chi connectivity index (χ1) is 10.0. The molecule has 4 nitrogen and oxygen atoms in total. The van der Waals surface area contributed by atoms with Gasteiger partial charge >= 0.3 is 0 Å². The highest BCUT2D eigenvalue weighted by Gasteiger charge is 2.24. The van der Waals surface area contributed by atoms with Gasteiger partial charge < -0.3 is 4.90 Å². The van der Waals surface area contributed by atoms with Gasteiger partial charge in [0.1, 0.15) is 5.82 Å². The first-order valence-corrected chi connectivity index (χ1v) is 7.25. The van der Waals surface area contributed by atoms with E-state index in [0.29, 0.717) is 26.2 Å². The van der Waals surface area contributed by atoms with E-state index in [1.54, 1.807) is 11.0 Å². The molecule has 1 aliphatic heterocycles. The number of amides is 1. The van der Waals surface area contributed by atoms with Crippen LogP contribution in [0.5, 0.6) is 0 Å². The van der Waals surface area contributed by atoms with Crippen LogP contribution in [0.3, 0.4) is 0 Å². The number of halogens is 2. The summed E-state index contributed by atoms with van der Waals surface area (Å²) in [7, 11) is 0. The van der Waals surface area contributed by atoms with Gasteiger partial charge in [-0.3, -0.25) is 9.69 Å². The summed E-state index contributed by atoms with van der Waals surface area (Å²) < 4.78 is 13.7. The van der Waals surface area contributed by atoms with Crippen molar-refractivity contribution >= 4 is 17.5 Å². The molecule has 0 saturated carbocycles. The van der Waals surface area contributed by atoms with Gasteiger partial charge in [0.25, 0.3) is 0 Å². The molecular formula is C15H17ClFN3O. The molecule has 1 atom stereocenters. The predicted octanol–water partition coefficient (Wildman–Crippen LogP) is 2.08. The summed E-state index contributed by atoms with van der Waals surface area (Å²) in [4.78, 5) is 16.0. The van der Waals surface area contributed by atoms with E-state index in [2.05, 4.69) is 6.07 Å². The maximum Gasteiger partial charge on any atom is 0.227 e. The summed E-state index contributed by atoms with van der Waals surface area (Å²) >= 11 is 5.94. The van der Waals surface area contributed by atoms with E-state index >= 15 is 0 Å². The summed E-state index contributed by atoms with van der Waals surface area (Å²) in [6.45, 7) is 4.27. The monoisotopic (exact) mass is 309 g/mol. The fraction of sp³-hybridized carbons (Fsp3) is 0.467. The van der Waals surface area contributed by atoms with Gasteiger partial charge in [-0.1, -0.05) is 17.7 Å². The minimum atomic E-state index is -0.451. The molecule has 0 N–H and O–H groups in total. The highest BCUT2D eigenvalue weighted by Crippen LogP contribution is 2.20. The van der Waals surface area contributed by atoms with Crippen molar-refractivity contribution in [3.05, 3.63) is 34.6 Å². The Hall–Kier alpha value is -1.64. The van der Waals surface area contributed by atoms with Crippen LogP contribution in [-0.2, 0) is 11.2 Å². The van der Waals surface area contributed by atoms with Crippen molar-refractivity contribution in [3.8, 4) is 6.07 Å². The molecule has 0 spiro atoms. The number of rotatable bonds is 3. The Kier molecular flexibility index (Phi) is 5.16. The second-order valence-corrected chi connectivity index (χ2v) is 5.51. The lowest BCUT2D eigenvalue weighted by molar-refractivity contribution is -0.132. The van der Waals surface area contributed by atoms with Gasteiger partial charge in [0.2, 0.25) is 5.91 Å². The molecule has 1 unspecified atom stereocenters. The zero-order valence-corrected chi connectivity index (χ0v) is 12.6. The number of carbonyl (C=O) groups is 1. The van der Waals surface area contributed by atoms with Gasteiger partial charge in [-0.2, -0.15) is 5.26 Å². The Morgan fingerprint density at radius 2 is 2.10 bits per heavy atom. The largest absolute Gasteiger partial charge is 0.340 e. The Morgan fingerprint density at radius 1 is 1.43 bits per heavy atom. The van der Waals surface area contributed by atoms with Crippen molar-refractivity contribution in [1.82, 2.24) is 9.80 Å². The molecule has 0 aliphatic carbocycles. The van der Waals surface area contributed by atoms with E-state index in [1.807, 2.05) is 11.8 Å². The average Bonchev–Trinajstić information content (AvgIpc) is 2.50. The van der Waals surface area contributed by atoms with Crippen LogP contribution in [0.25, 0.3) is 0 Å². The summed E-state index contributed by atoms with van der Waals surface area (Å²) in [6.07, 6.45) is -0.0285.